The quantitative estimate of drug-likeness (QED) is 0.423. The Kier molecular flexibility index (Phi) is 5.41. The van der Waals surface area contributed by atoms with Crippen LogP contribution in [0.2, 0.25) is 0 Å². The molecular formula is C16H28N2O. The number of hydrogen-bond donors (Lipinski definition) is 1. The molecule has 3 heteroatoms. The molecule has 19 heavy (non-hydrogen) atoms. The van der Waals surface area contributed by atoms with Crippen molar-refractivity contribution in [1.82, 2.24) is 5.43 Å². The van der Waals surface area contributed by atoms with Crippen molar-refractivity contribution < 1.29 is 4.79 Å². The zero-order valence-electron chi connectivity index (χ0n) is 12.5. The van der Waals surface area contributed by atoms with Crippen LogP contribution in [0, 0.1) is 17.8 Å². The van der Waals surface area contributed by atoms with E-state index in [1.54, 1.807) is 0 Å². The molecule has 3 atom stereocenters. The summed E-state index contributed by atoms with van der Waals surface area (Å²) in [5.74, 6) is 2.50. The molecular weight excluding hydrogens is 236 g/mol. The van der Waals surface area contributed by atoms with Crippen LogP contribution < -0.4 is 5.43 Å². The highest BCUT2D eigenvalue weighted by Gasteiger charge is 2.40. The molecule has 0 aromatic heterocycles. The second-order valence-electron chi connectivity index (χ2n) is 6.38. The first-order valence-electron chi connectivity index (χ1n) is 8.03. The number of unbranched alkanes of at least 4 members (excludes halogenated alkanes) is 3. The van der Waals surface area contributed by atoms with Crippen molar-refractivity contribution in [3.8, 4) is 0 Å². The predicted molar refractivity (Wildman–Crippen MR) is 78.9 cm³/mol. The summed E-state index contributed by atoms with van der Waals surface area (Å²) in [7, 11) is 0. The van der Waals surface area contributed by atoms with Crippen molar-refractivity contribution in [3.05, 3.63) is 0 Å². The Morgan fingerprint density at radius 2 is 2.05 bits per heavy atom. The van der Waals surface area contributed by atoms with Gasteiger partial charge in [-0.2, -0.15) is 5.10 Å². The van der Waals surface area contributed by atoms with Crippen LogP contribution in [0.1, 0.15) is 71.6 Å². The molecule has 3 nitrogen and oxygen atoms in total. The Morgan fingerprint density at radius 3 is 2.68 bits per heavy atom. The van der Waals surface area contributed by atoms with E-state index in [2.05, 4.69) is 24.4 Å². The highest BCUT2D eigenvalue weighted by Crippen LogP contribution is 2.48. The summed E-state index contributed by atoms with van der Waals surface area (Å²) >= 11 is 0. The lowest BCUT2D eigenvalue weighted by Gasteiger charge is -2.21. The van der Waals surface area contributed by atoms with Gasteiger partial charge < -0.3 is 0 Å². The van der Waals surface area contributed by atoms with E-state index >= 15 is 0 Å². The van der Waals surface area contributed by atoms with Crippen LogP contribution >= 0.6 is 0 Å². The first-order valence-corrected chi connectivity index (χ1v) is 8.03. The topological polar surface area (TPSA) is 41.5 Å². The zero-order valence-corrected chi connectivity index (χ0v) is 12.5. The number of carbonyl (C=O) groups excluding carboxylic acids is 1. The number of fused-ring (bicyclic) bond motifs is 2. The van der Waals surface area contributed by atoms with Crippen molar-refractivity contribution in [2.75, 3.05) is 0 Å². The van der Waals surface area contributed by atoms with Gasteiger partial charge in [-0.3, -0.25) is 4.79 Å². The minimum absolute atomic E-state index is 0.0820. The van der Waals surface area contributed by atoms with Gasteiger partial charge >= 0.3 is 0 Å². The van der Waals surface area contributed by atoms with Gasteiger partial charge in [-0.1, -0.05) is 32.6 Å². The van der Waals surface area contributed by atoms with Crippen molar-refractivity contribution in [2.45, 2.75) is 71.6 Å². The normalized spacial score (nSPS) is 29.8. The molecule has 0 heterocycles. The fourth-order valence-corrected chi connectivity index (χ4v) is 3.76. The molecule has 0 aliphatic heterocycles. The third-order valence-electron chi connectivity index (χ3n) is 4.89. The molecule has 0 spiro atoms. The van der Waals surface area contributed by atoms with E-state index in [1.165, 1.54) is 38.5 Å². The van der Waals surface area contributed by atoms with Crippen LogP contribution in [0.3, 0.4) is 0 Å². The highest BCUT2D eigenvalue weighted by molar-refractivity contribution is 5.86. The van der Waals surface area contributed by atoms with E-state index < -0.39 is 0 Å². The summed E-state index contributed by atoms with van der Waals surface area (Å²) < 4.78 is 0. The molecule has 0 saturated heterocycles. The Morgan fingerprint density at radius 1 is 1.21 bits per heavy atom. The first kappa shape index (κ1) is 14.5. The van der Waals surface area contributed by atoms with Gasteiger partial charge in [-0.05, 0) is 44.4 Å². The molecule has 0 radical (unpaired) electrons. The minimum atomic E-state index is 0.0820. The van der Waals surface area contributed by atoms with E-state index in [1.807, 2.05) is 0 Å². The smallest absolute Gasteiger partial charge is 0.240 e. The summed E-state index contributed by atoms with van der Waals surface area (Å²) in [5, 5.41) is 4.34. The number of rotatable bonds is 7. The summed E-state index contributed by atoms with van der Waals surface area (Å²) in [6, 6.07) is 0. The van der Waals surface area contributed by atoms with E-state index in [-0.39, 0.29) is 5.91 Å². The summed E-state index contributed by atoms with van der Waals surface area (Å²) in [6.45, 7) is 4.27. The lowest BCUT2D eigenvalue weighted by Crippen LogP contribution is -2.24. The standard InChI is InChI=1S/C16H28N2O/c1-3-4-5-6-7-16(19)18-17-12(2)15-11-13-8-9-14(15)10-13/h13-15H,3-11H2,1-2H3,(H,18,19). The molecule has 1 N–H and O–H groups in total. The van der Waals surface area contributed by atoms with Gasteiger partial charge in [0.15, 0.2) is 0 Å². The SMILES string of the molecule is CCCCCCC(=O)NN=C(C)C1CC2CCC1C2. The fourth-order valence-electron chi connectivity index (χ4n) is 3.76. The molecule has 1 amide bonds. The van der Waals surface area contributed by atoms with Crippen LogP contribution in [0.5, 0.6) is 0 Å². The molecule has 108 valence electrons. The Hall–Kier alpha value is -0.860. The van der Waals surface area contributed by atoms with Gasteiger partial charge in [0.2, 0.25) is 5.91 Å². The van der Waals surface area contributed by atoms with E-state index in [9.17, 15) is 4.79 Å². The van der Waals surface area contributed by atoms with Crippen LogP contribution in [-0.2, 0) is 4.79 Å². The first-order chi connectivity index (χ1) is 9.20. The fraction of sp³-hybridized carbons (Fsp3) is 0.875. The van der Waals surface area contributed by atoms with Gasteiger partial charge in [0, 0.05) is 18.1 Å². The molecule has 2 rings (SSSR count). The monoisotopic (exact) mass is 264 g/mol. The third-order valence-corrected chi connectivity index (χ3v) is 4.89. The van der Waals surface area contributed by atoms with Gasteiger partial charge in [-0.25, -0.2) is 5.43 Å². The molecule has 2 fully saturated rings. The van der Waals surface area contributed by atoms with E-state index in [0.717, 1.165) is 30.4 Å². The van der Waals surface area contributed by atoms with Crippen molar-refractivity contribution >= 4 is 11.6 Å². The predicted octanol–water partition coefficient (Wildman–Crippen LogP) is 3.89. The molecule has 0 aromatic carbocycles. The van der Waals surface area contributed by atoms with Crippen LogP contribution in [0.15, 0.2) is 5.10 Å². The van der Waals surface area contributed by atoms with E-state index in [0.29, 0.717) is 12.3 Å². The summed E-state index contributed by atoms with van der Waals surface area (Å²) in [4.78, 5) is 11.7. The summed E-state index contributed by atoms with van der Waals surface area (Å²) in [6.07, 6.45) is 10.7. The second-order valence-corrected chi connectivity index (χ2v) is 6.38. The molecule has 3 unspecified atom stereocenters. The molecule has 2 bridgehead atoms. The van der Waals surface area contributed by atoms with Gasteiger partial charge in [-0.15, -0.1) is 0 Å². The number of carbonyl (C=O) groups is 1. The van der Waals surface area contributed by atoms with Gasteiger partial charge in [0.25, 0.3) is 0 Å². The molecule has 2 aliphatic rings. The Balaban J connectivity index is 1.68. The van der Waals surface area contributed by atoms with Crippen molar-refractivity contribution in [3.63, 3.8) is 0 Å². The number of hydrazone groups is 1. The largest absolute Gasteiger partial charge is 0.273 e. The third kappa shape index (κ3) is 4.05. The number of nitrogens with one attached hydrogen (secondary N) is 1. The average Bonchev–Trinajstić information content (AvgIpc) is 3.03. The zero-order chi connectivity index (χ0) is 13.7. The minimum Gasteiger partial charge on any atom is -0.273 e. The average molecular weight is 264 g/mol. The number of nitrogens with zero attached hydrogens (tertiary/aromatic N) is 1. The lowest BCUT2D eigenvalue weighted by molar-refractivity contribution is -0.121. The van der Waals surface area contributed by atoms with Gasteiger partial charge in [0.1, 0.15) is 0 Å². The summed E-state index contributed by atoms with van der Waals surface area (Å²) in [5.41, 5.74) is 3.89. The maximum atomic E-state index is 11.7. The second kappa shape index (κ2) is 7.06. The maximum Gasteiger partial charge on any atom is 0.240 e. The van der Waals surface area contributed by atoms with Crippen molar-refractivity contribution in [2.24, 2.45) is 22.9 Å². The lowest BCUT2D eigenvalue weighted by atomic mass is 9.86. The Bertz CT molecular complexity index is 338. The maximum absolute atomic E-state index is 11.7. The van der Waals surface area contributed by atoms with Gasteiger partial charge in [0.05, 0.1) is 0 Å². The number of hydrogen-bond acceptors (Lipinski definition) is 2. The number of amides is 1. The highest BCUT2D eigenvalue weighted by atomic mass is 16.2. The molecule has 2 aliphatic carbocycles. The van der Waals surface area contributed by atoms with E-state index in [4.69, 9.17) is 0 Å². The molecule has 0 aromatic rings. The molecule has 2 saturated carbocycles. The van der Waals surface area contributed by atoms with Crippen LogP contribution in [0.4, 0.5) is 0 Å². The van der Waals surface area contributed by atoms with Crippen molar-refractivity contribution in [1.29, 1.82) is 0 Å². The Labute approximate surface area is 117 Å². The van der Waals surface area contributed by atoms with Crippen LogP contribution in [0.25, 0.3) is 0 Å². The van der Waals surface area contributed by atoms with Crippen LogP contribution in [-0.4, -0.2) is 11.6 Å².